The maximum atomic E-state index is 13.4. The van der Waals surface area contributed by atoms with Gasteiger partial charge in [-0.2, -0.15) is 0 Å². The Hall–Kier alpha value is -2.63. The normalized spacial score (nSPS) is 10.2. The topological polar surface area (TPSA) is 68.5 Å². The van der Waals surface area contributed by atoms with Crippen molar-refractivity contribution in [3.63, 3.8) is 0 Å². The minimum atomic E-state index is -0.500. The van der Waals surface area contributed by atoms with Crippen molar-refractivity contribution < 1.29 is 13.9 Å². The summed E-state index contributed by atoms with van der Waals surface area (Å²) in [6.07, 6.45) is 1.50. The van der Waals surface area contributed by atoms with Crippen molar-refractivity contribution in [1.29, 1.82) is 0 Å². The molecule has 0 aliphatic carbocycles. The van der Waals surface area contributed by atoms with E-state index in [-0.39, 0.29) is 11.7 Å². The standard InChI is InChI=1S/C14H14FN3O2/c1-9(19)18(14-7-10(16)5-6-17-14)11-3-4-12(15)13(8-11)20-2/h3-8H,1-2H3,(H2,16,17). The van der Waals surface area contributed by atoms with E-state index in [9.17, 15) is 9.18 Å². The van der Waals surface area contributed by atoms with Crippen molar-refractivity contribution in [2.24, 2.45) is 0 Å². The molecule has 0 bridgehead atoms. The third-order valence-electron chi connectivity index (χ3n) is 2.71. The van der Waals surface area contributed by atoms with Crippen molar-refractivity contribution in [3.8, 4) is 5.75 Å². The number of nitrogen functional groups attached to an aromatic ring is 1. The number of aromatic nitrogens is 1. The molecule has 2 aromatic rings. The summed E-state index contributed by atoms with van der Waals surface area (Å²) in [4.78, 5) is 17.3. The first-order valence-corrected chi connectivity index (χ1v) is 5.88. The predicted octanol–water partition coefficient (Wildman–Crippen LogP) is 2.50. The van der Waals surface area contributed by atoms with Crippen LogP contribution in [0.3, 0.4) is 0 Å². The summed E-state index contributed by atoms with van der Waals surface area (Å²) in [6, 6.07) is 7.33. The zero-order valence-electron chi connectivity index (χ0n) is 11.1. The number of pyridine rings is 1. The molecule has 0 saturated carbocycles. The monoisotopic (exact) mass is 275 g/mol. The first-order valence-electron chi connectivity index (χ1n) is 5.88. The molecular formula is C14H14FN3O2. The van der Waals surface area contributed by atoms with E-state index in [1.165, 1.54) is 43.3 Å². The van der Waals surface area contributed by atoms with Gasteiger partial charge in [0.15, 0.2) is 11.6 Å². The van der Waals surface area contributed by atoms with Gasteiger partial charge in [0.1, 0.15) is 5.82 Å². The quantitative estimate of drug-likeness (QED) is 0.934. The number of hydrogen-bond donors (Lipinski definition) is 1. The lowest BCUT2D eigenvalue weighted by atomic mass is 10.2. The highest BCUT2D eigenvalue weighted by atomic mass is 19.1. The van der Waals surface area contributed by atoms with Gasteiger partial charge in [0, 0.05) is 30.9 Å². The molecule has 0 aliphatic heterocycles. The Labute approximate surface area is 115 Å². The zero-order valence-corrected chi connectivity index (χ0v) is 11.1. The number of amides is 1. The van der Waals surface area contributed by atoms with E-state index in [0.717, 1.165) is 0 Å². The second-order valence-corrected chi connectivity index (χ2v) is 4.12. The summed E-state index contributed by atoms with van der Waals surface area (Å²) in [6.45, 7) is 1.39. The SMILES string of the molecule is COc1cc(N(C(C)=O)c2cc(N)ccn2)ccc1F. The van der Waals surface area contributed by atoms with Crippen LogP contribution in [0.15, 0.2) is 36.5 Å². The number of methoxy groups -OCH3 is 1. The molecule has 0 atom stereocenters. The average molecular weight is 275 g/mol. The molecular weight excluding hydrogens is 261 g/mol. The molecule has 0 saturated heterocycles. The fourth-order valence-corrected chi connectivity index (χ4v) is 1.82. The first-order chi connectivity index (χ1) is 9.52. The Balaban J connectivity index is 2.51. The van der Waals surface area contributed by atoms with Crippen LogP contribution >= 0.6 is 0 Å². The molecule has 1 aromatic carbocycles. The number of carbonyl (C=O) groups is 1. The van der Waals surface area contributed by atoms with Crippen LogP contribution in [0.1, 0.15) is 6.92 Å². The fourth-order valence-electron chi connectivity index (χ4n) is 1.82. The second-order valence-electron chi connectivity index (χ2n) is 4.12. The van der Waals surface area contributed by atoms with Gasteiger partial charge < -0.3 is 10.5 Å². The highest BCUT2D eigenvalue weighted by molar-refractivity contribution is 5.98. The Kier molecular flexibility index (Phi) is 3.84. The van der Waals surface area contributed by atoms with Crippen LogP contribution in [0.2, 0.25) is 0 Å². The fraction of sp³-hybridized carbons (Fsp3) is 0.143. The van der Waals surface area contributed by atoms with Gasteiger partial charge >= 0.3 is 0 Å². The average Bonchev–Trinajstić information content (AvgIpc) is 2.40. The Morgan fingerprint density at radius 1 is 1.35 bits per heavy atom. The number of hydrogen-bond acceptors (Lipinski definition) is 4. The van der Waals surface area contributed by atoms with Gasteiger partial charge in [0.05, 0.1) is 12.8 Å². The third-order valence-corrected chi connectivity index (χ3v) is 2.71. The molecule has 1 amide bonds. The summed E-state index contributed by atoms with van der Waals surface area (Å²) in [7, 11) is 1.36. The maximum absolute atomic E-state index is 13.4. The van der Waals surface area contributed by atoms with E-state index in [4.69, 9.17) is 10.5 Å². The van der Waals surface area contributed by atoms with Crippen molar-refractivity contribution in [2.75, 3.05) is 17.7 Å². The van der Waals surface area contributed by atoms with E-state index in [1.54, 1.807) is 12.1 Å². The van der Waals surface area contributed by atoms with Gasteiger partial charge in [-0.25, -0.2) is 9.37 Å². The molecule has 0 radical (unpaired) electrons. The highest BCUT2D eigenvalue weighted by Crippen LogP contribution is 2.29. The van der Waals surface area contributed by atoms with Gasteiger partial charge in [-0.05, 0) is 18.2 Å². The van der Waals surface area contributed by atoms with Crippen LogP contribution in [0.4, 0.5) is 21.6 Å². The van der Waals surface area contributed by atoms with E-state index in [1.807, 2.05) is 0 Å². The summed E-state index contributed by atoms with van der Waals surface area (Å²) < 4.78 is 18.4. The molecule has 104 valence electrons. The van der Waals surface area contributed by atoms with Gasteiger partial charge in [-0.3, -0.25) is 9.69 Å². The molecule has 0 fully saturated rings. The van der Waals surface area contributed by atoms with Crippen LogP contribution in [0.5, 0.6) is 5.75 Å². The lowest BCUT2D eigenvalue weighted by molar-refractivity contribution is -0.115. The molecule has 0 aliphatic rings. The van der Waals surface area contributed by atoms with E-state index in [0.29, 0.717) is 17.2 Å². The lowest BCUT2D eigenvalue weighted by Gasteiger charge is -2.21. The molecule has 0 spiro atoms. The van der Waals surface area contributed by atoms with E-state index >= 15 is 0 Å². The van der Waals surface area contributed by atoms with E-state index < -0.39 is 5.82 Å². The van der Waals surface area contributed by atoms with Crippen LogP contribution in [-0.2, 0) is 4.79 Å². The summed E-state index contributed by atoms with van der Waals surface area (Å²) >= 11 is 0. The molecule has 1 heterocycles. The third kappa shape index (κ3) is 2.69. The molecule has 0 unspecified atom stereocenters. The van der Waals surface area contributed by atoms with Crippen molar-refractivity contribution in [1.82, 2.24) is 4.98 Å². The summed E-state index contributed by atoms with van der Waals surface area (Å²) in [5.41, 5.74) is 6.63. The smallest absolute Gasteiger partial charge is 0.229 e. The minimum Gasteiger partial charge on any atom is -0.494 e. The van der Waals surface area contributed by atoms with Crippen molar-refractivity contribution in [2.45, 2.75) is 6.92 Å². The minimum absolute atomic E-state index is 0.0534. The lowest BCUT2D eigenvalue weighted by Crippen LogP contribution is -2.23. The maximum Gasteiger partial charge on any atom is 0.229 e. The number of carbonyl (C=O) groups excluding carboxylic acids is 1. The molecule has 5 nitrogen and oxygen atoms in total. The van der Waals surface area contributed by atoms with Gasteiger partial charge in [0.25, 0.3) is 0 Å². The number of nitrogens with two attached hydrogens (primary N) is 1. The molecule has 6 heteroatoms. The number of nitrogens with zero attached hydrogens (tertiary/aromatic N) is 2. The van der Waals surface area contributed by atoms with Crippen LogP contribution in [0.25, 0.3) is 0 Å². The number of halogens is 1. The van der Waals surface area contributed by atoms with Crippen LogP contribution in [-0.4, -0.2) is 18.0 Å². The van der Waals surface area contributed by atoms with Gasteiger partial charge in [-0.15, -0.1) is 0 Å². The number of rotatable bonds is 3. The molecule has 1 aromatic heterocycles. The molecule has 20 heavy (non-hydrogen) atoms. The number of benzene rings is 1. The van der Waals surface area contributed by atoms with Crippen LogP contribution in [0, 0.1) is 5.82 Å². The zero-order chi connectivity index (χ0) is 14.7. The molecule has 2 N–H and O–H groups in total. The van der Waals surface area contributed by atoms with Crippen molar-refractivity contribution in [3.05, 3.63) is 42.3 Å². The van der Waals surface area contributed by atoms with Gasteiger partial charge in [-0.1, -0.05) is 0 Å². The number of ether oxygens (including phenoxy) is 1. The molecule has 2 rings (SSSR count). The largest absolute Gasteiger partial charge is 0.494 e. The van der Waals surface area contributed by atoms with Crippen molar-refractivity contribution >= 4 is 23.1 Å². The first kappa shape index (κ1) is 13.8. The Morgan fingerprint density at radius 2 is 2.10 bits per heavy atom. The summed E-state index contributed by atoms with van der Waals surface area (Å²) in [5.74, 6) is -0.346. The predicted molar refractivity (Wildman–Crippen MR) is 74.4 cm³/mol. The number of anilines is 3. The highest BCUT2D eigenvalue weighted by Gasteiger charge is 2.17. The Bertz CT molecular complexity index is 646. The second kappa shape index (κ2) is 5.56. The van der Waals surface area contributed by atoms with Gasteiger partial charge in [0.2, 0.25) is 5.91 Å². The van der Waals surface area contributed by atoms with Crippen LogP contribution < -0.4 is 15.4 Å². The Morgan fingerprint density at radius 3 is 2.70 bits per heavy atom. The summed E-state index contributed by atoms with van der Waals surface area (Å²) in [5, 5.41) is 0. The van der Waals surface area contributed by atoms with E-state index in [2.05, 4.69) is 4.98 Å².